The molecule has 1 unspecified atom stereocenters. The van der Waals surface area contributed by atoms with Gasteiger partial charge in [-0.3, -0.25) is 4.79 Å². The molecule has 5 nitrogen and oxygen atoms in total. The zero-order valence-corrected chi connectivity index (χ0v) is 14.7. The summed E-state index contributed by atoms with van der Waals surface area (Å²) < 4.78 is 52.8. The maximum Gasteiger partial charge on any atom is 0.240 e. The summed E-state index contributed by atoms with van der Waals surface area (Å²) >= 11 is 0. The molecule has 1 N–H and O–H groups in total. The van der Waals surface area contributed by atoms with E-state index in [0.29, 0.717) is 13.1 Å². The number of likely N-dealkylation sites (tertiary alicyclic amines) is 1. The van der Waals surface area contributed by atoms with E-state index in [4.69, 9.17) is 0 Å². The molecule has 2 aromatic rings. The first-order valence-corrected chi connectivity index (χ1v) is 9.59. The number of nitrogens with one attached hydrogen (secondary N) is 1. The van der Waals surface area contributed by atoms with Crippen molar-refractivity contribution in [1.29, 1.82) is 0 Å². The first-order valence-electron chi connectivity index (χ1n) is 8.11. The summed E-state index contributed by atoms with van der Waals surface area (Å²) in [5.41, 5.74) is 0.812. The predicted octanol–water partition coefficient (Wildman–Crippen LogP) is 2.29. The van der Waals surface area contributed by atoms with Crippen molar-refractivity contribution in [2.45, 2.75) is 17.9 Å². The number of sulfonamides is 1. The summed E-state index contributed by atoms with van der Waals surface area (Å²) in [7, 11) is -3.75. The third-order valence-corrected chi connectivity index (χ3v) is 5.71. The topological polar surface area (TPSA) is 66.5 Å². The Kier molecular flexibility index (Phi) is 5.33. The number of hydrogen-bond donors (Lipinski definition) is 1. The van der Waals surface area contributed by atoms with Gasteiger partial charge in [0.15, 0.2) is 0 Å². The number of amides is 1. The van der Waals surface area contributed by atoms with Gasteiger partial charge in [0.1, 0.15) is 11.6 Å². The van der Waals surface area contributed by atoms with Crippen molar-refractivity contribution < 1.29 is 22.0 Å². The van der Waals surface area contributed by atoms with Gasteiger partial charge in [-0.05, 0) is 47.9 Å². The third-order valence-electron chi connectivity index (χ3n) is 4.27. The Labute approximate surface area is 150 Å². The standard InChI is InChI=1S/C18H18F2N2O3S/c19-15-3-1-13(2-4-15)11-22-12-14(9-18(22)23)10-21-26(24,25)17-7-5-16(20)6-8-17/h1-8,14,21H,9-12H2. The van der Waals surface area contributed by atoms with Gasteiger partial charge in [0.25, 0.3) is 0 Å². The molecule has 1 saturated heterocycles. The zero-order chi connectivity index (χ0) is 18.7. The minimum Gasteiger partial charge on any atom is -0.338 e. The smallest absolute Gasteiger partial charge is 0.240 e. The molecule has 1 aliphatic heterocycles. The highest BCUT2D eigenvalue weighted by Crippen LogP contribution is 2.20. The molecule has 26 heavy (non-hydrogen) atoms. The lowest BCUT2D eigenvalue weighted by molar-refractivity contribution is -0.128. The Morgan fingerprint density at radius 2 is 1.58 bits per heavy atom. The molecule has 0 bridgehead atoms. The number of halogens is 2. The van der Waals surface area contributed by atoms with Crippen LogP contribution in [0, 0.1) is 17.6 Å². The van der Waals surface area contributed by atoms with Gasteiger partial charge in [-0.2, -0.15) is 0 Å². The van der Waals surface area contributed by atoms with Crippen LogP contribution in [0.3, 0.4) is 0 Å². The van der Waals surface area contributed by atoms with Crippen molar-refractivity contribution in [3.8, 4) is 0 Å². The molecule has 138 valence electrons. The second kappa shape index (κ2) is 7.51. The molecule has 3 rings (SSSR count). The zero-order valence-electron chi connectivity index (χ0n) is 13.9. The average molecular weight is 380 g/mol. The predicted molar refractivity (Wildman–Crippen MR) is 91.5 cm³/mol. The average Bonchev–Trinajstić information content (AvgIpc) is 2.95. The van der Waals surface area contributed by atoms with E-state index < -0.39 is 15.8 Å². The number of rotatable bonds is 6. The van der Waals surface area contributed by atoms with Crippen LogP contribution in [0.25, 0.3) is 0 Å². The van der Waals surface area contributed by atoms with Crippen molar-refractivity contribution in [1.82, 2.24) is 9.62 Å². The van der Waals surface area contributed by atoms with Crippen molar-refractivity contribution in [2.24, 2.45) is 5.92 Å². The SMILES string of the molecule is O=C1CC(CNS(=O)(=O)c2ccc(F)cc2)CN1Cc1ccc(F)cc1. The Bertz CT molecular complexity index is 884. The quantitative estimate of drug-likeness (QED) is 0.836. The second-order valence-corrected chi connectivity index (χ2v) is 8.04. The van der Waals surface area contributed by atoms with E-state index in [2.05, 4.69) is 4.72 Å². The number of carbonyl (C=O) groups is 1. The highest BCUT2D eigenvalue weighted by Gasteiger charge is 2.30. The normalized spacial score (nSPS) is 17.7. The lowest BCUT2D eigenvalue weighted by Crippen LogP contribution is -2.31. The van der Waals surface area contributed by atoms with Crippen LogP contribution in [0.4, 0.5) is 8.78 Å². The number of carbonyl (C=O) groups excluding carboxylic acids is 1. The number of hydrogen-bond acceptors (Lipinski definition) is 3. The third kappa shape index (κ3) is 4.44. The van der Waals surface area contributed by atoms with E-state index >= 15 is 0 Å². The van der Waals surface area contributed by atoms with Gasteiger partial charge < -0.3 is 4.90 Å². The van der Waals surface area contributed by atoms with Gasteiger partial charge in [0.2, 0.25) is 15.9 Å². The minimum absolute atomic E-state index is 0.0219. The summed E-state index contributed by atoms with van der Waals surface area (Å²) in [6, 6.07) is 10.5. The first kappa shape index (κ1) is 18.5. The summed E-state index contributed by atoms with van der Waals surface area (Å²) in [5.74, 6) is -1.07. The van der Waals surface area contributed by atoms with Gasteiger partial charge in [0, 0.05) is 26.1 Å². The molecule has 1 amide bonds. The van der Waals surface area contributed by atoms with Gasteiger partial charge in [-0.15, -0.1) is 0 Å². The minimum atomic E-state index is -3.75. The largest absolute Gasteiger partial charge is 0.338 e. The number of nitrogens with zero attached hydrogens (tertiary/aromatic N) is 1. The molecule has 1 heterocycles. The molecule has 1 atom stereocenters. The highest BCUT2D eigenvalue weighted by molar-refractivity contribution is 7.89. The van der Waals surface area contributed by atoms with Crippen LogP contribution in [0.5, 0.6) is 0 Å². The van der Waals surface area contributed by atoms with Crippen LogP contribution in [-0.4, -0.2) is 32.3 Å². The van der Waals surface area contributed by atoms with E-state index in [0.717, 1.165) is 17.7 Å². The van der Waals surface area contributed by atoms with Crippen molar-refractivity contribution in [2.75, 3.05) is 13.1 Å². The molecule has 0 aromatic heterocycles. The summed E-state index contributed by atoms with van der Waals surface area (Å²) in [6.07, 6.45) is 0.243. The summed E-state index contributed by atoms with van der Waals surface area (Å²) in [4.78, 5) is 13.7. The van der Waals surface area contributed by atoms with E-state index in [1.165, 1.54) is 24.3 Å². The van der Waals surface area contributed by atoms with E-state index in [9.17, 15) is 22.0 Å². The monoisotopic (exact) mass is 380 g/mol. The molecule has 0 saturated carbocycles. The van der Waals surface area contributed by atoms with Gasteiger partial charge in [-0.25, -0.2) is 21.9 Å². The van der Waals surface area contributed by atoms with Gasteiger partial charge >= 0.3 is 0 Å². The molecule has 1 fully saturated rings. The lowest BCUT2D eigenvalue weighted by atomic mass is 10.1. The Balaban J connectivity index is 1.57. The summed E-state index contributed by atoms with van der Waals surface area (Å²) in [5, 5.41) is 0. The van der Waals surface area contributed by atoms with Crippen molar-refractivity contribution in [3.05, 3.63) is 65.7 Å². The molecule has 0 aliphatic carbocycles. The van der Waals surface area contributed by atoms with Crippen LogP contribution >= 0.6 is 0 Å². The van der Waals surface area contributed by atoms with E-state index in [1.54, 1.807) is 17.0 Å². The molecular formula is C18H18F2N2O3S. The fraction of sp³-hybridized carbons (Fsp3) is 0.278. The van der Waals surface area contributed by atoms with Gasteiger partial charge in [-0.1, -0.05) is 12.1 Å². The maximum atomic E-state index is 12.9. The Morgan fingerprint density at radius 3 is 2.19 bits per heavy atom. The molecule has 0 radical (unpaired) electrons. The second-order valence-electron chi connectivity index (χ2n) is 6.28. The van der Waals surface area contributed by atoms with Crippen LogP contribution in [0.2, 0.25) is 0 Å². The molecule has 0 spiro atoms. The highest BCUT2D eigenvalue weighted by atomic mass is 32.2. The van der Waals surface area contributed by atoms with Crippen LogP contribution in [-0.2, 0) is 21.4 Å². The molecular weight excluding hydrogens is 362 g/mol. The lowest BCUT2D eigenvalue weighted by Gasteiger charge is -2.17. The van der Waals surface area contributed by atoms with E-state index in [1.807, 2.05) is 0 Å². The Hall–Kier alpha value is -2.32. The van der Waals surface area contributed by atoms with Crippen molar-refractivity contribution in [3.63, 3.8) is 0 Å². The van der Waals surface area contributed by atoms with Crippen LogP contribution in [0.1, 0.15) is 12.0 Å². The van der Waals surface area contributed by atoms with Crippen LogP contribution < -0.4 is 4.72 Å². The maximum absolute atomic E-state index is 12.9. The van der Waals surface area contributed by atoms with Gasteiger partial charge in [0.05, 0.1) is 4.90 Å². The van der Waals surface area contributed by atoms with E-state index in [-0.39, 0.29) is 35.5 Å². The van der Waals surface area contributed by atoms with Crippen LogP contribution in [0.15, 0.2) is 53.4 Å². The molecule has 8 heteroatoms. The Morgan fingerprint density at radius 1 is 1.00 bits per heavy atom. The first-order chi connectivity index (χ1) is 12.3. The summed E-state index contributed by atoms with van der Waals surface area (Å²) in [6.45, 7) is 0.897. The van der Waals surface area contributed by atoms with Crippen molar-refractivity contribution >= 4 is 15.9 Å². The number of benzene rings is 2. The molecule has 2 aromatic carbocycles. The molecule has 1 aliphatic rings. The fourth-order valence-electron chi connectivity index (χ4n) is 2.88. The fourth-order valence-corrected chi connectivity index (χ4v) is 3.99.